The van der Waals surface area contributed by atoms with Gasteiger partial charge < -0.3 is 20.4 Å². The van der Waals surface area contributed by atoms with Crippen molar-refractivity contribution < 1.29 is 30.0 Å². The van der Waals surface area contributed by atoms with Gasteiger partial charge in [-0.1, -0.05) is 17.7 Å². The lowest BCUT2D eigenvalue weighted by Gasteiger charge is -2.17. The van der Waals surface area contributed by atoms with E-state index in [0.29, 0.717) is 0 Å². The summed E-state index contributed by atoms with van der Waals surface area (Å²) in [5.74, 6) is -3.05. The summed E-state index contributed by atoms with van der Waals surface area (Å²) >= 11 is 5.69. The van der Waals surface area contributed by atoms with Crippen LogP contribution in [-0.2, 0) is 4.79 Å². The highest BCUT2D eigenvalue weighted by atomic mass is 35.5. The fourth-order valence-electron chi connectivity index (χ4n) is 1.32. The molecule has 0 heterocycles. The highest BCUT2D eigenvalue weighted by molar-refractivity contribution is 6.31. The van der Waals surface area contributed by atoms with E-state index < -0.39 is 24.1 Å². The predicted molar refractivity (Wildman–Crippen MR) is 57.0 cm³/mol. The number of aliphatic carboxylic acids is 1. The minimum atomic E-state index is -2.15. The van der Waals surface area contributed by atoms with Crippen LogP contribution in [0.4, 0.5) is 0 Å². The average molecular weight is 261 g/mol. The molecule has 1 aromatic carbocycles. The molecule has 0 radical (unpaired) electrons. The van der Waals surface area contributed by atoms with Gasteiger partial charge in [0.2, 0.25) is 0 Å². The molecule has 0 bridgehead atoms. The highest BCUT2D eigenvalue weighted by Gasteiger charge is 2.30. The summed E-state index contributed by atoms with van der Waals surface area (Å²) in [5, 5.41) is 36.0. The number of carboxylic acids is 2. The molecule has 0 aromatic heterocycles. The number of hydrogen-bond donors (Lipinski definition) is 4. The van der Waals surface area contributed by atoms with Crippen molar-refractivity contribution in [2.45, 2.75) is 12.2 Å². The molecule has 1 rings (SSSR count). The van der Waals surface area contributed by atoms with E-state index in [-0.39, 0.29) is 16.1 Å². The summed E-state index contributed by atoms with van der Waals surface area (Å²) in [6, 6.07) is 3.79. The molecule has 2 unspecified atom stereocenters. The van der Waals surface area contributed by atoms with Crippen molar-refractivity contribution in [3.05, 3.63) is 34.3 Å². The molecule has 0 aliphatic rings. The number of aromatic carboxylic acids is 1. The van der Waals surface area contributed by atoms with Crippen molar-refractivity contribution in [1.29, 1.82) is 0 Å². The first kappa shape index (κ1) is 13.4. The highest BCUT2D eigenvalue weighted by Crippen LogP contribution is 2.29. The second-order valence-electron chi connectivity index (χ2n) is 3.23. The van der Waals surface area contributed by atoms with Crippen molar-refractivity contribution in [3.8, 4) is 0 Å². The number of carbonyl (C=O) groups is 2. The Morgan fingerprint density at radius 3 is 2.24 bits per heavy atom. The SMILES string of the molecule is O=C(O)c1cccc(Cl)c1C(O)C(O)C(=O)O. The Balaban J connectivity index is 3.29. The predicted octanol–water partition coefficient (Wildman–Crippen LogP) is 0.517. The van der Waals surface area contributed by atoms with Crippen molar-refractivity contribution >= 4 is 23.5 Å². The summed E-state index contributed by atoms with van der Waals surface area (Å²) in [4.78, 5) is 21.4. The Labute approximate surface area is 101 Å². The lowest BCUT2D eigenvalue weighted by atomic mass is 9.98. The van der Waals surface area contributed by atoms with E-state index in [1.165, 1.54) is 12.1 Å². The number of benzene rings is 1. The molecule has 0 fully saturated rings. The molecule has 0 spiro atoms. The zero-order chi connectivity index (χ0) is 13.2. The molecule has 7 heteroatoms. The lowest BCUT2D eigenvalue weighted by Crippen LogP contribution is -2.28. The van der Waals surface area contributed by atoms with Crippen LogP contribution in [0.25, 0.3) is 0 Å². The first-order valence-corrected chi connectivity index (χ1v) is 4.84. The Kier molecular flexibility index (Phi) is 4.06. The number of aliphatic hydroxyl groups excluding tert-OH is 2. The van der Waals surface area contributed by atoms with E-state index in [9.17, 15) is 19.8 Å². The maximum atomic E-state index is 10.9. The normalized spacial score (nSPS) is 14.1. The van der Waals surface area contributed by atoms with Crippen LogP contribution in [0.5, 0.6) is 0 Å². The Morgan fingerprint density at radius 1 is 1.18 bits per heavy atom. The summed E-state index contributed by atoms with van der Waals surface area (Å²) < 4.78 is 0. The third-order valence-corrected chi connectivity index (χ3v) is 2.46. The fraction of sp³-hybridized carbons (Fsp3) is 0.200. The van der Waals surface area contributed by atoms with Crippen LogP contribution in [0.3, 0.4) is 0 Å². The van der Waals surface area contributed by atoms with Crippen molar-refractivity contribution in [2.75, 3.05) is 0 Å². The van der Waals surface area contributed by atoms with E-state index in [0.717, 1.165) is 6.07 Å². The van der Waals surface area contributed by atoms with E-state index in [1.807, 2.05) is 0 Å². The smallest absolute Gasteiger partial charge is 0.336 e. The van der Waals surface area contributed by atoms with Crippen molar-refractivity contribution in [2.24, 2.45) is 0 Å². The van der Waals surface area contributed by atoms with Gasteiger partial charge >= 0.3 is 11.9 Å². The standard InChI is InChI=1S/C10H9ClO6/c11-5-3-1-2-4(9(14)15)6(5)7(12)8(13)10(16)17/h1-3,7-8,12-13H,(H,14,15)(H,16,17). The summed E-state index contributed by atoms with van der Waals surface area (Å²) in [7, 11) is 0. The zero-order valence-electron chi connectivity index (χ0n) is 8.37. The van der Waals surface area contributed by atoms with Gasteiger partial charge in [-0.2, -0.15) is 0 Å². The largest absolute Gasteiger partial charge is 0.479 e. The van der Waals surface area contributed by atoms with Gasteiger partial charge in [-0.3, -0.25) is 0 Å². The Hall–Kier alpha value is -1.63. The third kappa shape index (κ3) is 2.73. The lowest BCUT2D eigenvalue weighted by molar-refractivity contribution is -0.153. The van der Waals surface area contributed by atoms with Gasteiger partial charge in [0, 0.05) is 10.6 Å². The molecule has 4 N–H and O–H groups in total. The van der Waals surface area contributed by atoms with Crippen LogP contribution in [0.1, 0.15) is 22.0 Å². The van der Waals surface area contributed by atoms with Gasteiger partial charge in [0.1, 0.15) is 6.10 Å². The van der Waals surface area contributed by atoms with Crippen LogP contribution in [0, 0.1) is 0 Å². The molecule has 1 aromatic rings. The fourth-order valence-corrected chi connectivity index (χ4v) is 1.60. The second-order valence-corrected chi connectivity index (χ2v) is 3.64. The Bertz CT molecular complexity index is 458. The van der Waals surface area contributed by atoms with E-state index in [1.54, 1.807) is 0 Å². The summed E-state index contributed by atoms with van der Waals surface area (Å²) in [6.45, 7) is 0. The number of aliphatic hydroxyl groups is 2. The first-order chi connectivity index (χ1) is 7.86. The first-order valence-electron chi connectivity index (χ1n) is 4.47. The quantitative estimate of drug-likeness (QED) is 0.627. The maximum Gasteiger partial charge on any atom is 0.336 e. The maximum absolute atomic E-state index is 10.9. The van der Waals surface area contributed by atoms with Gasteiger partial charge in [-0.15, -0.1) is 0 Å². The van der Waals surface area contributed by atoms with Gasteiger partial charge in [0.15, 0.2) is 6.10 Å². The van der Waals surface area contributed by atoms with Crippen molar-refractivity contribution in [3.63, 3.8) is 0 Å². The van der Waals surface area contributed by atoms with Crippen LogP contribution >= 0.6 is 11.6 Å². The van der Waals surface area contributed by atoms with Gasteiger partial charge in [-0.25, -0.2) is 9.59 Å². The number of hydrogen-bond acceptors (Lipinski definition) is 4. The number of rotatable bonds is 4. The van der Waals surface area contributed by atoms with Crippen molar-refractivity contribution in [1.82, 2.24) is 0 Å². The van der Waals surface area contributed by atoms with Gasteiger partial charge in [0.05, 0.1) is 5.56 Å². The molecular weight excluding hydrogens is 252 g/mol. The van der Waals surface area contributed by atoms with Crippen LogP contribution < -0.4 is 0 Å². The molecule has 0 amide bonds. The summed E-state index contributed by atoms with van der Waals surface area (Å²) in [6.07, 6.45) is -4.06. The topological polar surface area (TPSA) is 115 Å². The molecule has 92 valence electrons. The third-order valence-electron chi connectivity index (χ3n) is 2.13. The van der Waals surface area contributed by atoms with Crippen LogP contribution in [0.15, 0.2) is 18.2 Å². The molecule has 6 nitrogen and oxygen atoms in total. The molecule has 2 atom stereocenters. The molecular formula is C10H9ClO6. The molecule has 0 aliphatic heterocycles. The number of carboxylic acid groups (broad SMARTS) is 2. The Morgan fingerprint density at radius 2 is 1.76 bits per heavy atom. The van der Waals surface area contributed by atoms with E-state index >= 15 is 0 Å². The van der Waals surface area contributed by atoms with Gasteiger partial charge in [-0.05, 0) is 12.1 Å². The number of halogens is 1. The van der Waals surface area contributed by atoms with Gasteiger partial charge in [0.25, 0.3) is 0 Å². The molecule has 0 saturated carbocycles. The van der Waals surface area contributed by atoms with Crippen LogP contribution in [0.2, 0.25) is 5.02 Å². The molecule has 0 aliphatic carbocycles. The van der Waals surface area contributed by atoms with Crippen LogP contribution in [-0.4, -0.2) is 38.5 Å². The minimum absolute atomic E-state index is 0.127. The minimum Gasteiger partial charge on any atom is -0.479 e. The average Bonchev–Trinajstić information content (AvgIpc) is 2.26. The molecule has 0 saturated heterocycles. The van der Waals surface area contributed by atoms with E-state index in [4.69, 9.17) is 21.8 Å². The molecule has 17 heavy (non-hydrogen) atoms. The summed E-state index contributed by atoms with van der Waals surface area (Å²) in [5.41, 5.74) is -0.679. The zero-order valence-corrected chi connectivity index (χ0v) is 9.13. The monoisotopic (exact) mass is 260 g/mol. The van der Waals surface area contributed by atoms with E-state index in [2.05, 4.69) is 0 Å². The second kappa shape index (κ2) is 5.13.